The highest BCUT2D eigenvalue weighted by Gasteiger charge is 2.37. The Bertz CT molecular complexity index is 617. The summed E-state index contributed by atoms with van der Waals surface area (Å²) in [6.07, 6.45) is 5.59. The molecule has 2 unspecified atom stereocenters. The van der Waals surface area contributed by atoms with Gasteiger partial charge in [-0.2, -0.15) is 4.98 Å². The molecule has 25 heavy (non-hydrogen) atoms. The molecule has 0 bridgehead atoms. The highest BCUT2D eigenvalue weighted by Crippen LogP contribution is 2.34. The molecule has 1 aromatic heterocycles. The summed E-state index contributed by atoms with van der Waals surface area (Å²) in [4.78, 5) is 17.9. The fraction of sp³-hybridized carbons (Fsp3) is 0.706. The minimum atomic E-state index is 0.570. The number of anilines is 1. The minimum absolute atomic E-state index is 0.570. The first-order chi connectivity index (χ1) is 12.2. The summed E-state index contributed by atoms with van der Waals surface area (Å²) in [6.45, 7) is 5.81. The molecule has 0 radical (unpaired) electrons. The van der Waals surface area contributed by atoms with Crippen molar-refractivity contribution in [2.45, 2.75) is 32.2 Å². The van der Waals surface area contributed by atoms with Crippen LogP contribution in [0.2, 0.25) is 0 Å². The molecule has 1 aliphatic carbocycles. The molecule has 1 N–H and O–H groups in total. The van der Waals surface area contributed by atoms with Crippen LogP contribution in [-0.4, -0.2) is 67.2 Å². The monoisotopic (exact) mass is 410 g/mol. The smallest absolute Gasteiger partial charge is 0.232 e. The molecule has 138 valence electrons. The zero-order valence-corrected chi connectivity index (χ0v) is 16.8. The summed E-state index contributed by atoms with van der Waals surface area (Å²) < 4.78 is 6.04. The maximum absolute atomic E-state index is 5.27. The third-order valence-corrected chi connectivity index (χ3v) is 5.41. The largest absolute Gasteiger partial charge is 0.480 e. The molecule has 3 rings (SSSR count). The average Bonchev–Trinajstić information content (AvgIpc) is 3.38. The van der Waals surface area contributed by atoms with E-state index in [1.165, 1.54) is 19.3 Å². The molecule has 1 aliphatic heterocycles. The fourth-order valence-electron chi connectivity index (χ4n) is 3.33. The Kier molecular flexibility index (Phi) is 5.98. The molecule has 2 atom stereocenters. The van der Waals surface area contributed by atoms with E-state index in [0.717, 1.165) is 42.5 Å². The van der Waals surface area contributed by atoms with Gasteiger partial charge in [0.05, 0.1) is 17.8 Å². The van der Waals surface area contributed by atoms with E-state index >= 15 is 0 Å². The lowest BCUT2D eigenvalue weighted by Gasteiger charge is -2.36. The van der Waals surface area contributed by atoms with Crippen LogP contribution in [0, 0.1) is 5.92 Å². The maximum Gasteiger partial charge on any atom is 0.232 e. The molecule has 0 spiro atoms. The highest BCUT2D eigenvalue weighted by molar-refractivity contribution is 9.10. The zero-order chi connectivity index (χ0) is 17.8. The van der Waals surface area contributed by atoms with Crippen LogP contribution in [0.4, 0.5) is 5.95 Å². The minimum Gasteiger partial charge on any atom is -0.480 e. The number of rotatable bonds is 5. The molecule has 1 aromatic rings. The van der Waals surface area contributed by atoms with Crippen molar-refractivity contribution in [1.29, 1.82) is 0 Å². The molecule has 0 amide bonds. The van der Waals surface area contributed by atoms with Gasteiger partial charge in [-0.1, -0.05) is 13.3 Å². The number of guanidine groups is 1. The summed E-state index contributed by atoms with van der Waals surface area (Å²) in [7, 11) is 3.49. The van der Waals surface area contributed by atoms with Crippen molar-refractivity contribution in [2.24, 2.45) is 10.9 Å². The van der Waals surface area contributed by atoms with Crippen molar-refractivity contribution in [3.8, 4) is 5.88 Å². The van der Waals surface area contributed by atoms with Gasteiger partial charge in [-0.3, -0.25) is 4.99 Å². The first kappa shape index (κ1) is 18.2. The van der Waals surface area contributed by atoms with Gasteiger partial charge in [0.1, 0.15) is 0 Å². The van der Waals surface area contributed by atoms with Crippen LogP contribution in [0.5, 0.6) is 5.88 Å². The fourth-order valence-corrected chi connectivity index (χ4v) is 3.69. The van der Waals surface area contributed by atoms with E-state index in [1.54, 1.807) is 13.3 Å². The molecule has 2 fully saturated rings. The summed E-state index contributed by atoms with van der Waals surface area (Å²) in [5.74, 6) is 3.14. The van der Waals surface area contributed by atoms with Gasteiger partial charge in [0, 0.05) is 39.3 Å². The van der Waals surface area contributed by atoms with Gasteiger partial charge in [0.25, 0.3) is 0 Å². The number of nitrogens with zero attached hydrogens (tertiary/aromatic N) is 5. The van der Waals surface area contributed by atoms with E-state index in [0.29, 0.717) is 17.9 Å². The van der Waals surface area contributed by atoms with Crippen molar-refractivity contribution in [2.75, 3.05) is 45.2 Å². The quantitative estimate of drug-likeness (QED) is 0.592. The second-order valence-corrected chi connectivity index (χ2v) is 7.44. The molecule has 2 aliphatic rings. The number of halogens is 1. The van der Waals surface area contributed by atoms with Crippen LogP contribution < -0.4 is 15.0 Å². The molecule has 7 nitrogen and oxygen atoms in total. The first-order valence-corrected chi connectivity index (χ1v) is 9.75. The summed E-state index contributed by atoms with van der Waals surface area (Å²) >= 11 is 3.40. The normalized spacial score (nSPS) is 23.6. The van der Waals surface area contributed by atoms with Crippen LogP contribution in [0.3, 0.4) is 0 Å². The van der Waals surface area contributed by atoms with Gasteiger partial charge in [0.2, 0.25) is 11.8 Å². The summed E-state index contributed by atoms with van der Waals surface area (Å²) in [5, 5.41) is 3.63. The molecule has 1 saturated heterocycles. The van der Waals surface area contributed by atoms with E-state index in [1.807, 2.05) is 7.05 Å². The Morgan fingerprint density at radius 3 is 2.80 bits per heavy atom. The van der Waals surface area contributed by atoms with Gasteiger partial charge < -0.3 is 19.9 Å². The van der Waals surface area contributed by atoms with E-state index in [9.17, 15) is 0 Å². The van der Waals surface area contributed by atoms with Gasteiger partial charge in [-0.05, 0) is 34.7 Å². The molecule has 1 saturated carbocycles. The molecule has 0 aromatic carbocycles. The van der Waals surface area contributed by atoms with Crippen LogP contribution in [0.15, 0.2) is 15.7 Å². The summed E-state index contributed by atoms with van der Waals surface area (Å²) in [6, 6.07) is 0.607. The number of aromatic nitrogens is 2. The third kappa shape index (κ3) is 4.34. The lowest BCUT2D eigenvalue weighted by Crippen LogP contribution is -2.53. The highest BCUT2D eigenvalue weighted by atomic mass is 79.9. The van der Waals surface area contributed by atoms with Gasteiger partial charge in [0.15, 0.2) is 5.96 Å². The number of ether oxygens (including phenoxy) is 1. The van der Waals surface area contributed by atoms with Gasteiger partial charge in [-0.25, -0.2) is 4.98 Å². The van der Waals surface area contributed by atoms with Crippen LogP contribution >= 0.6 is 15.9 Å². The van der Waals surface area contributed by atoms with Crippen molar-refractivity contribution < 1.29 is 4.74 Å². The maximum atomic E-state index is 5.27. The molecular formula is C17H27BrN6O. The summed E-state index contributed by atoms with van der Waals surface area (Å²) in [5.41, 5.74) is 0. The molecule has 2 heterocycles. The van der Waals surface area contributed by atoms with Gasteiger partial charge >= 0.3 is 0 Å². The number of aliphatic imine (C=N–C) groups is 1. The van der Waals surface area contributed by atoms with E-state index in [-0.39, 0.29) is 0 Å². The first-order valence-electron chi connectivity index (χ1n) is 8.96. The standard InChI is InChI=1S/C17H27BrN6O/c1-4-5-12-10-14(12)21-16(19-2)23-6-8-24(9-7-23)17-20-11-13(18)15(22-17)25-3/h11-12,14H,4-10H2,1-3H3,(H,19,21). The predicted octanol–water partition coefficient (Wildman–Crippen LogP) is 2.13. The lowest BCUT2D eigenvalue weighted by atomic mass is 10.2. The van der Waals surface area contributed by atoms with E-state index in [2.05, 4.69) is 52.9 Å². The van der Waals surface area contributed by atoms with Crippen molar-refractivity contribution in [3.63, 3.8) is 0 Å². The SMILES string of the molecule is CCCC1CC1NC(=NC)N1CCN(c2ncc(Br)c(OC)n2)CC1. The third-order valence-electron chi connectivity index (χ3n) is 4.86. The Hall–Kier alpha value is -1.57. The number of nitrogens with one attached hydrogen (secondary N) is 1. The van der Waals surface area contributed by atoms with Crippen molar-refractivity contribution >= 4 is 27.8 Å². The van der Waals surface area contributed by atoms with E-state index < -0.39 is 0 Å². The molecular weight excluding hydrogens is 384 g/mol. The topological polar surface area (TPSA) is 65.9 Å². The second kappa shape index (κ2) is 8.21. The number of methoxy groups -OCH3 is 1. The second-order valence-electron chi connectivity index (χ2n) is 6.58. The van der Waals surface area contributed by atoms with Crippen LogP contribution in [-0.2, 0) is 0 Å². The molecule has 8 heteroatoms. The van der Waals surface area contributed by atoms with E-state index in [4.69, 9.17) is 4.74 Å². The Morgan fingerprint density at radius 2 is 2.16 bits per heavy atom. The Morgan fingerprint density at radius 1 is 1.40 bits per heavy atom. The number of hydrogen-bond acceptors (Lipinski definition) is 5. The zero-order valence-electron chi connectivity index (χ0n) is 15.2. The predicted molar refractivity (Wildman–Crippen MR) is 103 cm³/mol. The van der Waals surface area contributed by atoms with Crippen molar-refractivity contribution in [1.82, 2.24) is 20.2 Å². The number of piperazine rings is 1. The Labute approximate surface area is 158 Å². The average molecular weight is 411 g/mol. The number of hydrogen-bond donors (Lipinski definition) is 1. The van der Waals surface area contributed by atoms with Crippen molar-refractivity contribution in [3.05, 3.63) is 10.7 Å². The van der Waals surface area contributed by atoms with Gasteiger partial charge in [-0.15, -0.1) is 0 Å². The lowest BCUT2D eigenvalue weighted by molar-refractivity contribution is 0.365. The Balaban J connectivity index is 1.54. The van der Waals surface area contributed by atoms with Crippen LogP contribution in [0.25, 0.3) is 0 Å². The van der Waals surface area contributed by atoms with Crippen LogP contribution in [0.1, 0.15) is 26.2 Å².